The number of pyridine rings is 1. The fraction of sp³-hybridized carbons (Fsp3) is 0.276. The topological polar surface area (TPSA) is 113 Å². The Labute approximate surface area is 223 Å². The maximum atomic E-state index is 13.5. The van der Waals surface area contributed by atoms with E-state index in [0.717, 1.165) is 22.4 Å². The van der Waals surface area contributed by atoms with Crippen LogP contribution in [0, 0.1) is 5.41 Å². The number of rotatable bonds is 5. The van der Waals surface area contributed by atoms with E-state index >= 15 is 0 Å². The van der Waals surface area contributed by atoms with Gasteiger partial charge in [-0.1, -0.05) is 32.0 Å². The molecule has 2 aromatic carbocycles. The van der Waals surface area contributed by atoms with Crippen LogP contribution in [-0.2, 0) is 13.0 Å². The number of aromatic nitrogens is 1. The Balaban J connectivity index is 1.43. The number of methoxy groups -OCH3 is 1. The molecule has 0 radical (unpaired) electrons. The lowest BCUT2D eigenvalue weighted by molar-refractivity contribution is 0.0910. The zero-order valence-corrected chi connectivity index (χ0v) is 22.2. The Bertz CT molecular complexity index is 1610. The van der Waals surface area contributed by atoms with Crippen LogP contribution in [0.4, 0.5) is 5.69 Å². The molecule has 8 nitrogen and oxygen atoms in total. The monoisotopic (exact) mass is 529 g/mol. The summed E-state index contributed by atoms with van der Waals surface area (Å²) >= 11 is 1.25. The predicted molar refractivity (Wildman–Crippen MR) is 146 cm³/mol. The van der Waals surface area contributed by atoms with Gasteiger partial charge in [-0.15, -0.1) is 11.3 Å². The number of fused-ring (bicyclic) bond motifs is 3. The van der Waals surface area contributed by atoms with E-state index in [1.165, 1.54) is 11.3 Å². The highest BCUT2D eigenvalue weighted by molar-refractivity contribution is 7.21. The fourth-order valence-electron chi connectivity index (χ4n) is 5.20. The molecule has 2 aliphatic rings. The van der Waals surface area contributed by atoms with Crippen LogP contribution >= 0.6 is 11.3 Å². The number of hydrogen-bond acceptors (Lipinski definition) is 8. The average molecular weight is 530 g/mol. The second kappa shape index (κ2) is 9.02. The molecule has 0 spiro atoms. The number of nitrogens with zero attached hydrogens (tertiary/aromatic N) is 1. The highest BCUT2D eigenvalue weighted by Crippen LogP contribution is 2.46. The molecular weight excluding hydrogens is 502 g/mol. The summed E-state index contributed by atoms with van der Waals surface area (Å²) in [5.41, 5.74) is 10.6. The predicted octanol–water partition coefficient (Wildman–Crippen LogP) is 5.37. The van der Waals surface area contributed by atoms with E-state index in [9.17, 15) is 9.59 Å². The highest BCUT2D eigenvalue weighted by atomic mass is 32.1. The second-order valence-corrected chi connectivity index (χ2v) is 11.4. The van der Waals surface area contributed by atoms with Gasteiger partial charge in [-0.05, 0) is 47.2 Å². The summed E-state index contributed by atoms with van der Waals surface area (Å²) in [5.74, 6) is 1.80. The maximum Gasteiger partial charge on any atom is 0.263 e. The maximum absolute atomic E-state index is 13.5. The molecule has 0 atom stereocenters. The minimum Gasteiger partial charge on any atom is -0.497 e. The van der Waals surface area contributed by atoms with E-state index in [1.54, 1.807) is 7.11 Å². The SMILES string of the molecule is COc1ccc(-c2c3c(nc4sc(C(=O)NCc5ccc6c(c5)OCO6)c(N)c24)CC(C)(C)CC3=O)cc1. The fourth-order valence-corrected chi connectivity index (χ4v) is 6.24. The van der Waals surface area contributed by atoms with E-state index < -0.39 is 0 Å². The first kappa shape index (κ1) is 24.2. The van der Waals surface area contributed by atoms with E-state index in [0.29, 0.717) is 63.0 Å². The summed E-state index contributed by atoms with van der Waals surface area (Å²) in [5, 5.41) is 3.60. The average Bonchev–Trinajstić information content (AvgIpc) is 3.49. The first-order valence-corrected chi connectivity index (χ1v) is 13.1. The van der Waals surface area contributed by atoms with Gasteiger partial charge in [-0.3, -0.25) is 9.59 Å². The van der Waals surface area contributed by atoms with Crippen LogP contribution < -0.4 is 25.3 Å². The molecular formula is C29H27N3O5S. The second-order valence-electron chi connectivity index (χ2n) is 10.4. The first-order chi connectivity index (χ1) is 18.2. The van der Waals surface area contributed by atoms with E-state index in [-0.39, 0.29) is 23.9 Å². The lowest BCUT2D eigenvalue weighted by Crippen LogP contribution is -2.28. The number of Topliss-reactive ketones (excluding diaryl/α,β-unsaturated/α-hetero) is 1. The molecule has 1 aliphatic carbocycles. The van der Waals surface area contributed by atoms with Crippen LogP contribution in [-0.4, -0.2) is 30.6 Å². The van der Waals surface area contributed by atoms with Crippen LogP contribution in [0.25, 0.3) is 21.3 Å². The molecule has 6 rings (SSSR count). The molecule has 4 aromatic rings. The van der Waals surface area contributed by atoms with Gasteiger partial charge in [0.1, 0.15) is 15.5 Å². The first-order valence-electron chi connectivity index (χ1n) is 12.3. The van der Waals surface area contributed by atoms with Crippen molar-refractivity contribution in [1.29, 1.82) is 0 Å². The van der Waals surface area contributed by atoms with Crippen LogP contribution in [0.15, 0.2) is 42.5 Å². The van der Waals surface area contributed by atoms with Crippen molar-refractivity contribution >= 4 is 38.9 Å². The van der Waals surface area contributed by atoms with Crippen LogP contribution in [0.1, 0.15) is 51.6 Å². The number of benzene rings is 2. The van der Waals surface area contributed by atoms with E-state index in [1.807, 2.05) is 42.5 Å². The molecule has 1 amide bonds. The number of nitrogen functional groups attached to an aromatic ring is 1. The van der Waals surface area contributed by atoms with Crippen molar-refractivity contribution in [1.82, 2.24) is 10.3 Å². The van der Waals surface area contributed by atoms with Gasteiger partial charge in [-0.25, -0.2) is 4.98 Å². The number of carbonyl (C=O) groups is 2. The molecule has 0 saturated heterocycles. The Morgan fingerprint density at radius 3 is 2.63 bits per heavy atom. The van der Waals surface area contributed by atoms with Gasteiger partial charge in [0.05, 0.1) is 18.5 Å². The quantitative estimate of drug-likeness (QED) is 0.357. The molecule has 3 heterocycles. The minimum atomic E-state index is -0.298. The van der Waals surface area contributed by atoms with Gasteiger partial charge >= 0.3 is 0 Å². The molecule has 0 bridgehead atoms. The Kier molecular flexibility index (Phi) is 5.75. The van der Waals surface area contributed by atoms with E-state index in [4.69, 9.17) is 24.9 Å². The summed E-state index contributed by atoms with van der Waals surface area (Å²) in [4.78, 5) is 32.7. The van der Waals surface area contributed by atoms with Crippen molar-refractivity contribution < 1.29 is 23.8 Å². The molecule has 0 saturated carbocycles. The minimum absolute atomic E-state index is 0.0378. The van der Waals surface area contributed by atoms with Crippen LogP contribution in [0.3, 0.4) is 0 Å². The van der Waals surface area contributed by atoms with Crippen molar-refractivity contribution in [2.24, 2.45) is 5.41 Å². The number of thiophene rings is 1. The lowest BCUT2D eigenvalue weighted by atomic mass is 9.73. The number of nitrogens with two attached hydrogens (primary N) is 1. The molecule has 0 unspecified atom stereocenters. The number of carbonyl (C=O) groups excluding carboxylic acids is 2. The van der Waals surface area contributed by atoms with E-state index in [2.05, 4.69) is 19.2 Å². The largest absolute Gasteiger partial charge is 0.497 e. The molecule has 3 N–H and O–H groups in total. The Hall–Kier alpha value is -4.11. The van der Waals surface area contributed by atoms with Gasteiger partial charge in [0, 0.05) is 29.5 Å². The van der Waals surface area contributed by atoms with Crippen molar-refractivity contribution in [3.8, 4) is 28.4 Å². The van der Waals surface area contributed by atoms with Gasteiger partial charge in [0.2, 0.25) is 6.79 Å². The summed E-state index contributed by atoms with van der Waals surface area (Å²) in [6, 6.07) is 13.1. The zero-order chi connectivity index (χ0) is 26.6. The van der Waals surface area contributed by atoms with Crippen molar-refractivity contribution in [2.75, 3.05) is 19.6 Å². The number of nitrogens with one attached hydrogen (secondary N) is 1. The number of amides is 1. The zero-order valence-electron chi connectivity index (χ0n) is 21.3. The Morgan fingerprint density at radius 1 is 1.11 bits per heavy atom. The van der Waals surface area contributed by atoms with Gasteiger partial charge in [-0.2, -0.15) is 0 Å². The molecule has 38 heavy (non-hydrogen) atoms. The van der Waals surface area contributed by atoms with Gasteiger partial charge < -0.3 is 25.3 Å². The van der Waals surface area contributed by atoms with Crippen molar-refractivity contribution in [3.05, 3.63) is 64.2 Å². The molecule has 1 aliphatic heterocycles. The Morgan fingerprint density at radius 2 is 1.87 bits per heavy atom. The summed E-state index contributed by atoms with van der Waals surface area (Å²) in [7, 11) is 1.61. The number of hydrogen-bond donors (Lipinski definition) is 2. The lowest BCUT2D eigenvalue weighted by Gasteiger charge is -2.31. The van der Waals surface area contributed by atoms with Crippen LogP contribution in [0.2, 0.25) is 0 Å². The number of ketones is 1. The molecule has 2 aromatic heterocycles. The third-order valence-corrected chi connectivity index (χ3v) is 8.09. The number of ether oxygens (including phenoxy) is 3. The summed E-state index contributed by atoms with van der Waals surface area (Å²) in [6.07, 6.45) is 1.08. The highest BCUT2D eigenvalue weighted by Gasteiger charge is 2.36. The smallest absolute Gasteiger partial charge is 0.263 e. The summed E-state index contributed by atoms with van der Waals surface area (Å²) in [6.45, 7) is 4.64. The van der Waals surface area contributed by atoms with Crippen molar-refractivity contribution in [2.45, 2.75) is 33.2 Å². The standard InChI is InChI=1S/C29H27N3O5S/c1-29(2)11-18-23(19(33)12-29)22(16-5-7-17(35-3)8-6-16)24-25(30)26(38-28(24)32-18)27(34)31-13-15-4-9-20-21(10-15)37-14-36-20/h4-10H,11-14,30H2,1-3H3,(H,31,34). The number of anilines is 1. The van der Waals surface area contributed by atoms with Gasteiger partial charge in [0.15, 0.2) is 17.3 Å². The molecule has 0 fully saturated rings. The normalized spacial score (nSPS) is 15.4. The van der Waals surface area contributed by atoms with Crippen molar-refractivity contribution in [3.63, 3.8) is 0 Å². The van der Waals surface area contributed by atoms with Gasteiger partial charge in [0.25, 0.3) is 5.91 Å². The van der Waals surface area contributed by atoms with Crippen LogP contribution in [0.5, 0.6) is 17.2 Å². The third kappa shape index (κ3) is 4.12. The molecule has 9 heteroatoms. The third-order valence-electron chi connectivity index (χ3n) is 6.99. The summed E-state index contributed by atoms with van der Waals surface area (Å²) < 4.78 is 16.1. The molecule has 194 valence electrons.